The molecule has 3 aromatic rings. The predicted molar refractivity (Wildman–Crippen MR) is 121 cm³/mol. The maximum absolute atomic E-state index is 13.5. The van der Waals surface area contributed by atoms with Crippen LogP contribution in [0.15, 0.2) is 53.3 Å². The zero-order chi connectivity index (χ0) is 22.3. The van der Waals surface area contributed by atoms with Crippen molar-refractivity contribution in [3.8, 4) is 5.69 Å². The maximum atomic E-state index is 13.5. The Balaban J connectivity index is 1.60. The number of carboxylic acids is 1. The summed E-state index contributed by atoms with van der Waals surface area (Å²) in [6.45, 7) is 0. The Morgan fingerprint density at radius 1 is 0.969 bits per heavy atom. The molecule has 1 heterocycles. The summed E-state index contributed by atoms with van der Waals surface area (Å²) in [5, 5.41) is 12.7. The van der Waals surface area contributed by atoms with Crippen LogP contribution >= 0.6 is 0 Å². The van der Waals surface area contributed by atoms with E-state index in [2.05, 4.69) is 10.00 Å². The van der Waals surface area contributed by atoms with Crippen molar-refractivity contribution in [2.75, 3.05) is 0 Å². The Labute approximate surface area is 185 Å². The highest BCUT2D eigenvalue weighted by molar-refractivity contribution is 6.00. The lowest BCUT2D eigenvalue weighted by Crippen LogP contribution is -2.59. The van der Waals surface area contributed by atoms with Crippen LogP contribution in [0.3, 0.4) is 0 Å². The molecule has 7 heteroatoms. The molecule has 166 valence electrons. The van der Waals surface area contributed by atoms with Crippen LogP contribution in [-0.4, -0.2) is 31.9 Å². The Hall–Kier alpha value is -3.35. The summed E-state index contributed by atoms with van der Waals surface area (Å²) in [6.07, 6.45) is 7.12. The summed E-state index contributed by atoms with van der Waals surface area (Å²) >= 11 is 0. The van der Waals surface area contributed by atoms with Crippen molar-refractivity contribution in [3.63, 3.8) is 0 Å². The van der Waals surface area contributed by atoms with Crippen molar-refractivity contribution in [2.45, 2.75) is 62.9 Å². The molecular formula is C25H27N3O4. The minimum atomic E-state index is -1.19. The lowest BCUT2D eigenvalue weighted by molar-refractivity contribution is -0.148. The highest BCUT2D eigenvalue weighted by Gasteiger charge is 2.45. The summed E-state index contributed by atoms with van der Waals surface area (Å²) in [7, 11) is 0. The van der Waals surface area contributed by atoms with Gasteiger partial charge in [-0.1, -0.05) is 37.5 Å². The van der Waals surface area contributed by atoms with Crippen molar-refractivity contribution < 1.29 is 14.7 Å². The summed E-state index contributed by atoms with van der Waals surface area (Å²) < 4.78 is 3.82. The monoisotopic (exact) mass is 433 g/mol. The Morgan fingerprint density at radius 2 is 1.69 bits per heavy atom. The van der Waals surface area contributed by atoms with Gasteiger partial charge in [-0.2, -0.15) is 0 Å². The van der Waals surface area contributed by atoms with E-state index in [0.29, 0.717) is 23.8 Å². The third-order valence-corrected chi connectivity index (χ3v) is 7.03. The molecule has 1 aromatic heterocycles. The second kappa shape index (κ2) is 7.97. The number of aromatic nitrogens is 2. The molecule has 0 spiro atoms. The van der Waals surface area contributed by atoms with Gasteiger partial charge in [0.05, 0.1) is 22.6 Å². The molecule has 0 radical (unpaired) electrons. The Bertz CT molecular complexity index is 1230. The van der Waals surface area contributed by atoms with Crippen molar-refractivity contribution >= 4 is 22.8 Å². The third kappa shape index (κ3) is 3.32. The van der Waals surface area contributed by atoms with Gasteiger partial charge in [-0.3, -0.25) is 14.3 Å². The first-order valence-corrected chi connectivity index (χ1v) is 11.4. The molecule has 5 rings (SSSR count). The fourth-order valence-electron chi connectivity index (χ4n) is 5.08. The molecule has 7 nitrogen and oxygen atoms in total. The average molecular weight is 434 g/mol. The number of rotatable bonds is 5. The van der Waals surface area contributed by atoms with Crippen LogP contribution in [0.5, 0.6) is 0 Å². The van der Waals surface area contributed by atoms with Crippen molar-refractivity contribution in [1.29, 1.82) is 0 Å². The van der Waals surface area contributed by atoms with Gasteiger partial charge in [-0.15, -0.1) is 0 Å². The van der Waals surface area contributed by atoms with Crippen LogP contribution in [0.25, 0.3) is 16.6 Å². The molecule has 0 aliphatic heterocycles. The normalized spacial score (nSPS) is 18.2. The lowest BCUT2D eigenvalue weighted by Gasteiger charge is -2.38. The molecule has 0 saturated heterocycles. The fraction of sp³-hybridized carbons (Fsp3) is 0.400. The minimum Gasteiger partial charge on any atom is -0.480 e. The van der Waals surface area contributed by atoms with Crippen LogP contribution in [0.4, 0.5) is 0 Å². The first-order valence-electron chi connectivity index (χ1n) is 11.4. The van der Waals surface area contributed by atoms with Gasteiger partial charge in [-0.25, -0.2) is 9.48 Å². The number of benzene rings is 2. The van der Waals surface area contributed by atoms with Gasteiger partial charge in [0.15, 0.2) is 0 Å². The van der Waals surface area contributed by atoms with Crippen molar-refractivity contribution in [3.05, 3.63) is 64.4 Å². The SMILES string of the molecule is O=C(NC1(C(=O)O)CCC1)c1ccc2c(c1)c(=O)n(-c1ccccc1)n2C1CCCCC1. The predicted octanol–water partition coefficient (Wildman–Crippen LogP) is 4.03. The van der Waals surface area contributed by atoms with Gasteiger partial charge >= 0.3 is 5.97 Å². The molecule has 0 bridgehead atoms. The molecular weight excluding hydrogens is 406 g/mol. The molecule has 2 aliphatic rings. The van der Waals surface area contributed by atoms with E-state index < -0.39 is 17.4 Å². The summed E-state index contributed by atoms with van der Waals surface area (Å²) in [5.74, 6) is -1.46. The number of para-hydroxylation sites is 1. The van der Waals surface area contributed by atoms with Crippen molar-refractivity contribution in [1.82, 2.24) is 14.7 Å². The number of fused-ring (bicyclic) bond motifs is 1. The van der Waals surface area contributed by atoms with E-state index >= 15 is 0 Å². The molecule has 0 atom stereocenters. The average Bonchev–Trinajstić information content (AvgIpc) is 3.09. The van der Waals surface area contributed by atoms with Crippen LogP contribution in [0.1, 0.15) is 67.8 Å². The number of carbonyl (C=O) groups is 2. The molecule has 2 N–H and O–H groups in total. The number of amides is 1. The van der Waals surface area contributed by atoms with Gasteiger partial charge in [0.2, 0.25) is 0 Å². The fourth-order valence-corrected chi connectivity index (χ4v) is 5.08. The number of hydrogen-bond acceptors (Lipinski definition) is 3. The van der Waals surface area contributed by atoms with E-state index in [4.69, 9.17) is 0 Å². The largest absolute Gasteiger partial charge is 0.480 e. The summed E-state index contributed by atoms with van der Waals surface area (Å²) in [6, 6.07) is 14.9. The van der Waals surface area contributed by atoms with E-state index in [1.54, 1.807) is 16.8 Å². The number of hydrogen-bond donors (Lipinski definition) is 2. The van der Waals surface area contributed by atoms with Crippen LogP contribution in [-0.2, 0) is 4.79 Å². The lowest BCUT2D eigenvalue weighted by atomic mass is 9.76. The topological polar surface area (TPSA) is 93.3 Å². The number of carboxylic acid groups (broad SMARTS) is 1. The van der Waals surface area contributed by atoms with Gasteiger partial charge in [-0.05, 0) is 62.4 Å². The molecule has 2 fully saturated rings. The van der Waals surface area contributed by atoms with Gasteiger partial charge < -0.3 is 10.4 Å². The van der Waals surface area contributed by atoms with Gasteiger partial charge in [0.25, 0.3) is 11.5 Å². The highest BCUT2D eigenvalue weighted by atomic mass is 16.4. The van der Waals surface area contributed by atoms with Crippen LogP contribution < -0.4 is 10.9 Å². The number of aliphatic carboxylic acids is 1. The van der Waals surface area contributed by atoms with E-state index in [9.17, 15) is 19.5 Å². The summed E-state index contributed by atoms with van der Waals surface area (Å²) in [5.41, 5.74) is 0.555. The zero-order valence-corrected chi connectivity index (χ0v) is 17.9. The number of carbonyl (C=O) groups excluding carboxylic acids is 1. The first kappa shape index (κ1) is 20.5. The number of nitrogens with zero attached hydrogens (tertiary/aromatic N) is 2. The minimum absolute atomic E-state index is 0.164. The zero-order valence-electron chi connectivity index (χ0n) is 17.9. The second-order valence-corrected chi connectivity index (χ2v) is 9.02. The highest BCUT2D eigenvalue weighted by Crippen LogP contribution is 2.34. The Morgan fingerprint density at radius 3 is 2.31 bits per heavy atom. The van der Waals surface area contributed by atoms with E-state index in [0.717, 1.165) is 43.3 Å². The molecule has 0 unspecified atom stereocenters. The third-order valence-electron chi connectivity index (χ3n) is 7.03. The van der Waals surface area contributed by atoms with Gasteiger partial charge in [0, 0.05) is 5.56 Å². The molecule has 1 amide bonds. The van der Waals surface area contributed by atoms with Crippen molar-refractivity contribution in [2.24, 2.45) is 0 Å². The maximum Gasteiger partial charge on any atom is 0.329 e. The number of nitrogens with one attached hydrogen (secondary N) is 1. The quantitative estimate of drug-likeness (QED) is 0.635. The summed E-state index contributed by atoms with van der Waals surface area (Å²) in [4.78, 5) is 38.1. The van der Waals surface area contributed by atoms with E-state index in [1.807, 2.05) is 36.4 Å². The van der Waals surface area contributed by atoms with E-state index in [1.165, 1.54) is 6.42 Å². The molecule has 2 aliphatic carbocycles. The molecule has 2 saturated carbocycles. The Kier molecular flexibility index (Phi) is 5.12. The van der Waals surface area contributed by atoms with Gasteiger partial charge in [0.1, 0.15) is 5.54 Å². The van der Waals surface area contributed by atoms with Crippen LogP contribution in [0, 0.1) is 0 Å². The van der Waals surface area contributed by atoms with Crippen LogP contribution in [0.2, 0.25) is 0 Å². The smallest absolute Gasteiger partial charge is 0.329 e. The standard InChI is InChI=1S/C25H27N3O4/c29-22(26-25(24(31)32)14-7-15-25)17-12-13-21-20(16-17)23(30)28(19-10-5-2-6-11-19)27(21)18-8-3-1-4-9-18/h2,5-6,10-13,16,18H,1,3-4,7-9,14-15H2,(H,26,29)(H,31,32). The molecule has 2 aromatic carbocycles. The second-order valence-electron chi connectivity index (χ2n) is 9.02. The van der Waals surface area contributed by atoms with E-state index in [-0.39, 0.29) is 11.6 Å². The first-order chi connectivity index (χ1) is 15.5. The molecule has 32 heavy (non-hydrogen) atoms.